The van der Waals surface area contributed by atoms with Crippen LogP contribution in [0.1, 0.15) is 342 Å². The monoisotopic (exact) mass is 1020 g/mol. The normalized spacial score (nSPS) is 12.3. The van der Waals surface area contributed by atoms with Crippen LogP contribution in [0.25, 0.3) is 0 Å². The number of unbranched alkanes of at least 4 members (excludes halogenated alkanes) is 40. The first-order valence-electron chi connectivity index (χ1n) is 32.1. The van der Waals surface area contributed by atoms with Gasteiger partial charge in [-0.2, -0.15) is 0 Å². The molecule has 0 radical (unpaired) electrons. The molecule has 0 rings (SSSR count). The molecule has 0 N–H and O–H groups in total. The average Bonchev–Trinajstić information content (AvgIpc) is 3.39. The third-order valence-corrected chi connectivity index (χ3v) is 14.3. The highest BCUT2D eigenvalue weighted by atomic mass is 16.6. The summed E-state index contributed by atoms with van der Waals surface area (Å²) in [4.78, 5) is 38.0. The lowest BCUT2D eigenvalue weighted by Gasteiger charge is -2.18. The van der Waals surface area contributed by atoms with E-state index in [4.69, 9.17) is 14.2 Å². The van der Waals surface area contributed by atoms with Crippen LogP contribution < -0.4 is 0 Å². The van der Waals surface area contributed by atoms with Crippen LogP contribution >= 0.6 is 0 Å². The van der Waals surface area contributed by atoms with Crippen LogP contribution in [-0.4, -0.2) is 37.2 Å². The molecule has 0 saturated carbocycles. The second kappa shape index (κ2) is 61.9. The number of hydrogen-bond donors (Lipinski definition) is 0. The van der Waals surface area contributed by atoms with E-state index in [9.17, 15) is 14.4 Å². The number of ether oxygens (including phenoxy) is 3. The van der Waals surface area contributed by atoms with Gasteiger partial charge in [0.2, 0.25) is 0 Å². The summed E-state index contributed by atoms with van der Waals surface area (Å²) in [5, 5.41) is 0. The molecule has 73 heavy (non-hydrogen) atoms. The maximum atomic E-state index is 12.8. The summed E-state index contributed by atoms with van der Waals surface area (Å²) >= 11 is 0. The van der Waals surface area contributed by atoms with Gasteiger partial charge in [0, 0.05) is 19.3 Å². The molecular formula is C67H122O6. The highest BCUT2D eigenvalue weighted by molar-refractivity contribution is 5.71. The molecule has 6 heteroatoms. The maximum Gasteiger partial charge on any atom is 0.306 e. The van der Waals surface area contributed by atoms with Crippen LogP contribution in [0.2, 0.25) is 0 Å². The van der Waals surface area contributed by atoms with Crippen molar-refractivity contribution < 1.29 is 28.6 Å². The van der Waals surface area contributed by atoms with E-state index in [1.807, 2.05) is 0 Å². The molecule has 0 aromatic heterocycles. The first-order chi connectivity index (χ1) is 36.0. The fourth-order valence-electron chi connectivity index (χ4n) is 9.56. The Balaban J connectivity index is 3.97. The van der Waals surface area contributed by atoms with Crippen molar-refractivity contribution in [2.45, 2.75) is 348 Å². The molecule has 0 spiro atoms. The maximum absolute atomic E-state index is 12.8. The van der Waals surface area contributed by atoms with E-state index < -0.39 is 6.10 Å². The zero-order valence-corrected chi connectivity index (χ0v) is 48.9. The Hall–Kier alpha value is -2.63. The molecule has 1 unspecified atom stereocenters. The van der Waals surface area contributed by atoms with E-state index in [0.717, 1.165) is 83.5 Å². The van der Waals surface area contributed by atoms with Crippen LogP contribution in [0, 0.1) is 0 Å². The molecule has 0 saturated heterocycles. The van der Waals surface area contributed by atoms with Gasteiger partial charge in [0.05, 0.1) is 0 Å². The Morgan fingerprint density at radius 3 is 0.836 bits per heavy atom. The number of hydrogen-bond acceptors (Lipinski definition) is 6. The standard InChI is InChI=1S/C67H122O6/c1-4-7-10-13-16-19-21-23-25-26-27-28-29-30-31-32-33-34-35-36-37-38-39-40-41-42-43-45-46-48-51-54-57-60-66(69)72-63-64(62-71-65(68)59-56-53-50-18-15-12-9-6-3)73-67(70)61-58-55-52-49-47-44-24-22-20-17-14-11-8-5-2/h7,10,16,19,23,25,27-28,64H,4-6,8-9,11-15,17-18,20-22,24,26,29-63H2,1-3H3/b10-7-,19-16-,25-23-,28-27-. The van der Waals surface area contributed by atoms with Crippen molar-refractivity contribution >= 4 is 17.9 Å². The van der Waals surface area contributed by atoms with Crippen LogP contribution in [0.5, 0.6) is 0 Å². The number of carbonyl (C=O) groups excluding carboxylic acids is 3. The summed E-state index contributed by atoms with van der Waals surface area (Å²) in [5.41, 5.74) is 0. The van der Waals surface area contributed by atoms with E-state index in [2.05, 4.69) is 69.4 Å². The van der Waals surface area contributed by atoms with Crippen molar-refractivity contribution in [3.8, 4) is 0 Å². The van der Waals surface area contributed by atoms with Gasteiger partial charge in [-0.1, -0.05) is 313 Å². The highest BCUT2D eigenvalue weighted by Gasteiger charge is 2.19. The van der Waals surface area contributed by atoms with Gasteiger partial charge < -0.3 is 14.2 Å². The van der Waals surface area contributed by atoms with Gasteiger partial charge in [0.1, 0.15) is 13.2 Å². The van der Waals surface area contributed by atoms with E-state index in [-0.39, 0.29) is 31.1 Å². The SMILES string of the molecule is CC/C=C\C/C=C\C/C=C\C/C=C\CCCCCCCCCCCCCCCCCCCCCCC(=O)OCC(COC(=O)CCCCCCCCCC)OC(=O)CCCCCCCCCCCCCCCC. The van der Waals surface area contributed by atoms with Crippen LogP contribution in [0.4, 0.5) is 0 Å². The molecule has 0 aliphatic rings. The minimum atomic E-state index is -0.764. The Labute approximate surface area is 454 Å². The quantitative estimate of drug-likeness (QED) is 0.0261. The summed E-state index contributed by atoms with van der Waals surface area (Å²) in [5.74, 6) is -0.849. The van der Waals surface area contributed by atoms with Crippen molar-refractivity contribution in [3.63, 3.8) is 0 Å². The zero-order valence-electron chi connectivity index (χ0n) is 48.9. The van der Waals surface area contributed by atoms with Gasteiger partial charge >= 0.3 is 17.9 Å². The molecule has 0 aromatic rings. The predicted molar refractivity (Wildman–Crippen MR) is 316 cm³/mol. The Morgan fingerprint density at radius 1 is 0.288 bits per heavy atom. The predicted octanol–water partition coefficient (Wildman–Crippen LogP) is 21.8. The molecule has 0 aromatic carbocycles. The summed E-state index contributed by atoms with van der Waals surface area (Å²) in [7, 11) is 0. The van der Waals surface area contributed by atoms with Crippen molar-refractivity contribution in [2.24, 2.45) is 0 Å². The summed E-state index contributed by atoms with van der Waals surface area (Å²) in [6, 6.07) is 0. The third kappa shape index (κ3) is 60.1. The molecule has 0 bridgehead atoms. The molecule has 0 amide bonds. The summed E-state index contributed by atoms with van der Waals surface area (Å²) < 4.78 is 16.8. The molecule has 426 valence electrons. The molecule has 0 aliphatic heterocycles. The van der Waals surface area contributed by atoms with Crippen LogP contribution in [-0.2, 0) is 28.6 Å². The average molecular weight is 1020 g/mol. The van der Waals surface area contributed by atoms with Crippen LogP contribution in [0.3, 0.4) is 0 Å². The first kappa shape index (κ1) is 70.4. The molecule has 0 fully saturated rings. The van der Waals surface area contributed by atoms with Crippen LogP contribution in [0.15, 0.2) is 48.6 Å². The van der Waals surface area contributed by atoms with Gasteiger partial charge in [-0.25, -0.2) is 0 Å². The fraction of sp³-hybridized carbons (Fsp3) is 0.836. The first-order valence-corrected chi connectivity index (χ1v) is 32.1. The summed E-state index contributed by atoms with van der Waals surface area (Å²) in [6.07, 6.45) is 77.3. The lowest BCUT2D eigenvalue weighted by atomic mass is 10.0. The van der Waals surface area contributed by atoms with E-state index in [1.54, 1.807) is 0 Å². The Bertz CT molecular complexity index is 1270. The fourth-order valence-corrected chi connectivity index (χ4v) is 9.56. The van der Waals surface area contributed by atoms with Crippen molar-refractivity contribution in [2.75, 3.05) is 13.2 Å². The largest absolute Gasteiger partial charge is 0.462 e. The summed E-state index contributed by atoms with van der Waals surface area (Å²) in [6.45, 7) is 6.54. The molecule has 6 nitrogen and oxygen atoms in total. The van der Waals surface area contributed by atoms with Crippen molar-refractivity contribution in [3.05, 3.63) is 48.6 Å². The number of esters is 3. The Kier molecular flexibility index (Phi) is 59.7. The number of rotatable bonds is 59. The van der Waals surface area contributed by atoms with Gasteiger partial charge in [-0.3, -0.25) is 14.4 Å². The van der Waals surface area contributed by atoms with Crippen molar-refractivity contribution in [1.29, 1.82) is 0 Å². The van der Waals surface area contributed by atoms with Gasteiger partial charge in [-0.15, -0.1) is 0 Å². The Morgan fingerprint density at radius 2 is 0.534 bits per heavy atom. The highest BCUT2D eigenvalue weighted by Crippen LogP contribution is 2.18. The van der Waals surface area contributed by atoms with Gasteiger partial charge in [0.25, 0.3) is 0 Å². The minimum Gasteiger partial charge on any atom is -0.462 e. The molecular weight excluding hydrogens is 901 g/mol. The lowest BCUT2D eigenvalue weighted by molar-refractivity contribution is -0.167. The molecule has 0 aliphatic carbocycles. The number of allylic oxidation sites excluding steroid dienone is 8. The number of carbonyl (C=O) groups is 3. The van der Waals surface area contributed by atoms with Gasteiger partial charge in [-0.05, 0) is 57.8 Å². The topological polar surface area (TPSA) is 78.9 Å². The molecule has 1 atom stereocenters. The molecule has 0 heterocycles. The smallest absolute Gasteiger partial charge is 0.306 e. The van der Waals surface area contributed by atoms with E-state index in [1.165, 1.54) is 218 Å². The minimum absolute atomic E-state index is 0.0658. The van der Waals surface area contributed by atoms with Crippen molar-refractivity contribution in [1.82, 2.24) is 0 Å². The van der Waals surface area contributed by atoms with E-state index >= 15 is 0 Å². The zero-order chi connectivity index (χ0) is 52.9. The van der Waals surface area contributed by atoms with E-state index in [0.29, 0.717) is 19.3 Å². The van der Waals surface area contributed by atoms with Gasteiger partial charge in [0.15, 0.2) is 6.10 Å². The second-order valence-corrected chi connectivity index (χ2v) is 21.7. The second-order valence-electron chi connectivity index (χ2n) is 21.7. The third-order valence-electron chi connectivity index (χ3n) is 14.3. The lowest BCUT2D eigenvalue weighted by Crippen LogP contribution is -2.30.